The van der Waals surface area contributed by atoms with Crippen molar-refractivity contribution in [3.8, 4) is 0 Å². The van der Waals surface area contributed by atoms with Crippen molar-refractivity contribution in [3.05, 3.63) is 0 Å². The zero-order chi connectivity index (χ0) is 16.4. The number of hydrogen-bond donors (Lipinski definition) is 0. The Labute approximate surface area is 145 Å². The summed E-state index contributed by atoms with van der Waals surface area (Å²) in [5, 5.41) is 0. The lowest BCUT2D eigenvalue weighted by Gasteiger charge is -2.49. The average molecular weight is 324 g/mol. The van der Waals surface area contributed by atoms with Gasteiger partial charge in [0.25, 0.3) is 0 Å². The lowest BCUT2D eigenvalue weighted by Crippen LogP contribution is -2.53. The van der Waals surface area contributed by atoms with E-state index < -0.39 is 0 Å². The summed E-state index contributed by atoms with van der Waals surface area (Å²) in [7, 11) is 0. The molecule has 2 fully saturated rings. The summed E-state index contributed by atoms with van der Waals surface area (Å²) < 4.78 is 5.49. The lowest BCUT2D eigenvalue weighted by atomic mass is 9.76. The van der Waals surface area contributed by atoms with Crippen molar-refractivity contribution < 1.29 is 4.74 Å². The third-order valence-corrected chi connectivity index (χ3v) is 6.22. The van der Waals surface area contributed by atoms with Crippen molar-refractivity contribution in [1.82, 2.24) is 4.90 Å². The van der Waals surface area contributed by atoms with E-state index in [1.807, 2.05) is 0 Å². The standard InChI is InChI=1S/C21H41NO/c1-3-5-7-9-11-13-20(12-10-8-6-4-2)22-16-14-21(15-17-22)18-23-19-21/h20H,3-19H2,1-2H3. The maximum absolute atomic E-state index is 5.49. The highest BCUT2D eigenvalue weighted by atomic mass is 16.5. The molecule has 1 unspecified atom stereocenters. The van der Waals surface area contributed by atoms with E-state index in [4.69, 9.17) is 4.74 Å². The maximum atomic E-state index is 5.49. The third kappa shape index (κ3) is 6.38. The third-order valence-electron chi connectivity index (χ3n) is 6.22. The quantitative estimate of drug-likeness (QED) is 0.421. The monoisotopic (exact) mass is 323 g/mol. The molecule has 2 saturated heterocycles. The van der Waals surface area contributed by atoms with Crippen molar-refractivity contribution in [2.45, 2.75) is 103 Å². The van der Waals surface area contributed by atoms with Gasteiger partial charge in [0.15, 0.2) is 0 Å². The maximum Gasteiger partial charge on any atom is 0.0545 e. The number of likely N-dealkylation sites (tertiary alicyclic amines) is 1. The summed E-state index contributed by atoms with van der Waals surface area (Å²) >= 11 is 0. The van der Waals surface area contributed by atoms with Crippen LogP contribution in [0, 0.1) is 5.41 Å². The SMILES string of the molecule is CCCCCCCC(CCCCCC)N1CCC2(CC1)COC2. The van der Waals surface area contributed by atoms with Gasteiger partial charge in [-0.1, -0.05) is 71.6 Å². The number of rotatable bonds is 12. The molecule has 0 aromatic carbocycles. The van der Waals surface area contributed by atoms with Crippen LogP contribution in [0.2, 0.25) is 0 Å². The normalized spacial score (nSPS) is 22.2. The first-order chi connectivity index (χ1) is 11.3. The van der Waals surface area contributed by atoms with E-state index in [-0.39, 0.29) is 0 Å². The summed E-state index contributed by atoms with van der Waals surface area (Å²) in [4.78, 5) is 2.84. The van der Waals surface area contributed by atoms with Gasteiger partial charge in [-0.15, -0.1) is 0 Å². The fourth-order valence-electron chi connectivity index (χ4n) is 4.34. The molecule has 0 aliphatic carbocycles. The van der Waals surface area contributed by atoms with Gasteiger partial charge in [-0.2, -0.15) is 0 Å². The molecule has 2 nitrogen and oxygen atoms in total. The zero-order valence-electron chi connectivity index (χ0n) is 16.0. The summed E-state index contributed by atoms with van der Waals surface area (Å²) in [6, 6.07) is 0.867. The van der Waals surface area contributed by atoms with E-state index in [0.717, 1.165) is 19.3 Å². The van der Waals surface area contributed by atoms with Crippen LogP contribution < -0.4 is 0 Å². The lowest BCUT2D eigenvalue weighted by molar-refractivity contribution is -0.143. The van der Waals surface area contributed by atoms with Crippen molar-refractivity contribution in [1.29, 1.82) is 0 Å². The molecular formula is C21H41NO. The molecule has 23 heavy (non-hydrogen) atoms. The number of hydrogen-bond acceptors (Lipinski definition) is 2. The van der Waals surface area contributed by atoms with Gasteiger partial charge >= 0.3 is 0 Å². The number of ether oxygens (including phenoxy) is 1. The molecule has 0 radical (unpaired) electrons. The van der Waals surface area contributed by atoms with Crippen LogP contribution in [-0.2, 0) is 4.74 Å². The van der Waals surface area contributed by atoms with Crippen LogP contribution >= 0.6 is 0 Å². The second kappa shape index (κ2) is 10.7. The zero-order valence-corrected chi connectivity index (χ0v) is 16.0. The summed E-state index contributed by atoms with van der Waals surface area (Å²) in [6.07, 6.45) is 18.4. The van der Waals surface area contributed by atoms with Gasteiger partial charge in [0.05, 0.1) is 13.2 Å². The van der Waals surface area contributed by atoms with E-state index in [2.05, 4.69) is 18.7 Å². The first-order valence-electron chi connectivity index (χ1n) is 10.6. The Morgan fingerprint density at radius 2 is 1.30 bits per heavy atom. The largest absolute Gasteiger partial charge is 0.380 e. The highest BCUT2D eigenvalue weighted by Crippen LogP contribution is 2.39. The van der Waals surface area contributed by atoms with E-state index in [0.29, 0.717) is 5.41 Å². The van der Waals surface area contributed by atoms with Gasteiger partial charge in [-0.25, -0.2) is 0 Å². The van der Waals surface area contributed by atoms with Crippen molar-refractivity contribution in [3.63, 3.8) is 0 Å². The molecular weight excluding hydrogens is 282 g/mol. The fraction of sp³-hybridized carbons (Fsp3) is 1.00. The van der Waals surface area contributed by atoms with Crippen LogP contribution in [0.4, 0.5) is 0 Å². The van der Waals surface area contributed by atoms with Gasteiger partial charge in [0.2, 0.25) is 0 Å². The first-order valence-corrected chi connectivity index (χ1v) is 10.6. The smallest absolute Gasteiger partial charge is 0.0545 e. The van der Waals surface area contributed by atoms with Gasteiger partial charge in [-0.05, 0) is 38.8 Å². The second-order valence-electron chi connectivity index (χ2n) is 8.23. The molecule has 2 aliphatic rings. The molecule has 1 spiro atoms. The minimum Gasteiger partial charge on any atom is -0.380 e. The molecule has 0 amide bonds. The Bertz CT molecular complexity index is 290. The van der Waals surface area contributed by atoms with E-state index in [9.17, 15) is 0 Å². The minimum absolute atomic E-state index is 0.588. The Kier molecular flexibility index (Phi) is 8.97. The van der Waals surface area contributed by atoms with Crippen LogP contribution in [0.25, 0.3) is 0 Å². The minimum atomic E-state index is 0.588. The van der Waals surface area contributed by atoms with Gasteiger partial charge in [0, 0.05) is 11.5 Å². The van der Waals surface area contributed by atoms with E-state index in [1.165, 1.54) is 96.6 Å². The summed E-state index contributed by atoms with van der Waals surface area (Å²) in [5.41, 5.74) is 0.588. The molecule has 2 aliphatic heterocycles. The Morgan fingerprint density at radius 1 is 0.783 bits per heavy atom. The molecule has 1 atom stereocenters. The molecule has 0 saturated carbocycles. The molecule has 2 heterocycles. The van der Waals surface area contributed by atoms with Crippen LogP contribution in [0.1, 0.15) is 97.3 Å². The topological polar surface area (TPSA) is 12.5 Å². The molecule has 0 N–H and O–H groups in total. The van der Waals surface area contributed by atoms with Crippen molar-refractivity contribution >= 4 is 0 Å². The van der Waals surface area contributed by atoms with E-state index in [1.54, 1.807) is 0 Å². The molecule has 0 bridgehead atoms. The molecule has 0 aromatic heterocycles. The van der Waals surface area contributed by atoms with Gasteiger partial charge in [0.1, 0.15) is 0 Å². The van der Waals surface area contributed by atoms with Crippen molar-refractivity contribution in [2.75, 3.05) is 26.3 Å². The van der Waals surface area contributed by atoms with Gasteiger partial charge in [-0.3, -0.25) is 0 Å². The first kappa shape index (κ1) is 19.2. The predicted molar refractivity (Wildman–Crippen MR) is 100.0 cm³/mol. The molecule has 136 valence electrons. The van der Waals surface area contributed by atoms with Crippen LogP contribution in [0.3, 0.4) is 0 Å². The average Bonchev–Trinajstić information content (AvgIpc) is 2.55. The Hall–Kier alpha value is -0.0800. The summed E-state index contributed by atoms with van der Waals surface area (Å²) in [5.74, 6) is 0. The van der Waals surface area contributed by atoms with Crippen molar-refractivity contribution in [2.24, 2.45) is 5.41 Å². The Morgan fingerprint density at radius 3 is 1.78 bits per heavy atom. The number of unbranched alkanes of at least 4 members (excludes halogenated alkanes) is 7. The highest BCUT2D eigenvalue weighted by molar-refractivity contribution is 4.92. The number of piperidine rings is 1. The Balaban J connectivity index is 1.70. The van der Waals surface area contributed by atoms with Gasteiger partial charge < -0.3 is 9.64 Å². The molecule has 2 rings (SSSR count). The second-order valence-corrected chi connectivity index (χ2v) is 8.23. The predicted octanol–water partition coefficient (Wildman–Crippen LogP) is 5.80. The van der Waals surface area contributed by atoms with Crippen LogP contribution in [0.5, 0.6) is 0 Å². The van der Waals surface area contributed by atoms with Crippen LogP contribution in [0.15, 0.2) is 0 Å². The molecule has 2 heteroatoms. The highest BCUT2D eigenvalue weighted by Gasteiger charge is 2.41. The summed E-state index contributed by atoms with van der Waals surface area (Å²) in [6.45, 7) is 9.37. The number of nitrogens with zero attached hydrogens (tertiary/aromatic N) is 1. The van der Waals surface area contributed by atoms with Crippen LogP contribution in [-0.4, -0.2) is 37.2 Å². The fourth-order valence-corrected chi connectivity index (χ4v) is 4.34. The molecule has 0 aromatic rings. The van der Waals surface area contributed by atoms with E-state index >= 15 is 0 Å².